The second-order valence-corrected chi connectivity index (χ2v) is 7.96. The predicted octanol–water partition coefficient (Wildman–Crippen LogP) is 3.29. The molecule has 1 saturated heterocycles. The highest BCUT2D eigenvalue weighted by molar-refractivity contribution is 5.83. The van der Waals surface area contributed by atoms with Crippen molar-refractivity contribution < 1.29 is 5.11 Å². The van der Waals surface area contributed by atoms with Crippen LogP contribution in [0.1, 0.15) is 17.5 Å². The van der Waals surface area contributed by atoms with E-state index in [1.54, 1.807) is 0 Å². The molecule has 0 spiro atoms. The summed E-state index contributed by atoms with van der Waals surface area (Å²) < 4.78 is 2.23. The first-order valence-corrected chi connectivity index (χ1v) is 10.4. The van der Waals surface area contributed by atoms with E-state index in [4.69, 9.17) is 0 Å². The first-order valence-electron chi connectivity index (χ1n) is 10.4. The zero-order chi connectivity index (χ0) is 19.3. The van der Waals surface area contributed by atoms with Crippen LogP contribution in [-0.2, 0) is 20.0 Å². The lowest BCUT2D eigenvalue weighted by atomic mass is 10.1. The molecule has 4 rings (SSSR count). The van der Waals surface area contributed by atoms with Gasteiger partial charge in [0.25, 0.3) is 0 Å². The smallest absolute Gasteiger partial charge is 0.0481 e. The third-order valence-corrected chi connectivity index (χ3v) is 6.06. The number of nitrogens with zero attached hydrogens (tertiary/aromatic N) is 3. The average Bonchev–Trinajstić information content (AvgIpc) is 3.04. The van der Waals surface area contributed by atoms with Crippen molar-refractivity contribution in [1.82, 2.24) is 14.4 Å². The standard InChI is InChI=1S/C24H31N3O/c1-25-17-21(23-9-5-6-10-24(23)25)18-26-14-15-27(22(19-26)12-16-28)13-11-20-7-3-2-4-8-20/h2-10,17,22,28H,11-16,18-19H2,1H3/t22-/m0/s1. The molecule has 0 bridgehead atoms. The lowest BCUT2D eigenvalue weighted by molar-refractivity contribution is 0.0564. The van der Waals surface area contributed by atoms with Crippen molar-refractivity contribution in [3.05, 3.63) is 71.9 Å². The Morgan fingerprint density at radius 3 is 2.61 bits per heavy atom. The van der Waals surface area contributed by atoms with Crippen LogP contribution in [0.15, 0.2) is 60.8 Å². The molecule has 0 aliphatic carbocycles. The van der Waals surface area contributed by atoms with Gasteiger partial charge in [-0.3, -0.25) is 9.80 Å². The molecule has 0 amide bonds. The van der Waals surface area contributed by atoms with Gasteiger partial charge in [0.15, 0.2) is 0 Å². The number of aliphatic hydroxyl groups excluding tert-OH is 1. The molecule has 28 heavy (non-hydrogen) atoms. The number of benzene rings is 2. The van der Waals surface area contributed by atoms with E-state index in [0.717, 1.165) is 45.6 Å². The molecule has 0 saturated carbocycles. The Morgan fingerprint density at radius 1 is 1.00 bits per heavy atom. The number of rotatable bonds is 7. The Balaban J connectivity index is 1.41. The number of aromatic nitrogens is 1. The molecule has 1 aromatic heterocycles. The van der Waals surface area contributed by atoms with Gasteiger partial charge in [0.2, 0.25) is 0 Å². The normalized spacial score (nSPS) is 18.7. The number of para-hydroxylation sites is 1. The Labute approximate surface area is 168 Å². The Kier molecular flexibility index (Phi) is 6.10. The molecular weight excluding hydrogens is 346 g/mol. The van der Waals surface area contributed by atoms with Gasteiger partial charge in [0.1, 0.15) is 0 Å². The van der Waals surface area contributed by atoms with Crippen molar-refractivity contribution in [3.63, 3.8) is 0 Å². The zero-order valence-corrected chi connectivity index (χ0v) is 16.8. The monoisotopic (exact) mass is 377 g/mol. The fraction of sp³-hybridized carbons (Fsp3) is 0.417. The molecule has 0 radical (unpaired) electrons. The van der Waals surface area contributed by atoms with E-state index in [-0.39, 0.29) is 6.61 Å². The van der Waals surface area contributed by atoms with Gasteiger partial charge in [-0.25, -0.2) is 0 Å². The number of hydrogen-bond acceptors (Lipinski definition) is 3. The maximum atomic E-state index is 9.59. The van der Waals surface area contributed by atoms with Crippen LogP contribution in [0.2, 0.25) is 0 Å². The van der Waals surface area contributed by atoms with Gasteiger partial charge in [0.05, 0.1) is 0 Å². The molecule has 0 unspecified atom stereocenters. The Bertz CT molecular complexity index is 889. The van der Waals surface area contributed by atoms with Crippen LogP contribution in [0.3, 0.4) is 0 Å². The molecule has 2 heterocycles. The third kappa shape index (κ3) is 4.30. The molecule has 1 aliphatic rings. The molecule has 3 aromatic rings. The second-order valence-electron chi connectivity index (χ2n) is 7.96. The number of fused-ring (bicyclic) bond motifs is 1. The van der Waals surface area contributed by atoms with Gasteiger partial charge in [-0.15, -0.1) is 0 Å². The van der Waals surface area contributed by atoms with E-state index in [2.05, 4.69) is 82.2 Å². The van der Waals surface area contributed by atoms with Crippen LogP contribution in [0, 0.1) is 0 Å². The molecule has 4 nitrogen and oxygen atoms in total. The van der Waals surface area contributed by atoms with Crippen molar-refractivity contribution in [2.24, 2.45) is 7.05 Å². The van der Waals surface area contributed by atoms with Crippen molar-refractivity contribution in [2.75, 3.05) is 32.8 Å². The van der Waals surface area contributed by atoms with Crippen LogP contribution in [0.5, 0.6) is 0 Å². The zero-order valence-electron chi connectivity index (χ0n) is 16.8. The number of piperazine rings is 1. The van der Waals surface area contributed by atoms with Gasteiger partial charge >= 0.3 is 0 Å². The molecule has 148 valence electrons. The lowest BCUT2D eigenvalue weighted by Gasteiger charge is -2.41. The van der Waals surface area contributed by atoms with Gasteiger partial charge in [-0.2, -0.15) is 0 Å². The third-order valence-electron chi connectivity index (χ3n) is 6.06. The van der Waals surface area contributed by atoms with Crippen molar-refractivity contribution in [1.29, 1.82) is 0 Å². The quantitative estimate of drug-likeness (QED) is 0.686. The highest BCUT2D eigenvalue weighted by Crippen LogP contribution is 2.23. The molecular formula is C24H31N3O. The summed E-state index contributed by atoms with van der Waals surface area (Å²) in [6, 6.07) is 19.8. The predicted molar refractivity (Wildman–Crippen MR) is 115 cm³/mol. The van der Waals surface area contributed by atoms with Crippen molar-refractivity contribution in [2.45, 2.75) is 25.4 Å². The fourth-order valence-electron chi connectivity index (χ4n) is 4.53. The van der Waals surface area contributed by atoms with Crippen LogP contribution < -0.4 is 0 Å². The van der Waals surface area contributed by atoms with Gasteiger partial charge in [0, 0.05) is 69.5 Å². The molecule has 1 aliphatic heterocycles. The Hall–Kier alpha value is -2.14. The number of aliphatic hydroxyl groups is 1. The van der Waals surface area contributed by atoms with Crippen molar-refractivity contribution in [3.8, 4) is 0 Å². The van der Waals surface area contributed by atoms with Crippen LogP contribution in [-0.4, -0.2) is 58.3 Å². The highest BCUT2D eigenvalue weighted by atomic mass is 16.3. The van der Waals surface area contributed by atoms with E-state index < -0.39 is 0 Å². The van der Waals surface area contributed by atoms with Gasteiger partial charge in [-0.05, 0) is 30.0 Å². The minimum absolute atomic E-state index is 0.259. The SMILES string of the molecule is Cn1cc(CN2CCN(CCc3ccccc3)[C@@H](CCO)C2)c2ccccc21. The first-order chi connectivity index (χ1) is 13.7. The summed E-state index contributed by atoms with van der Waals surface area (Å²) in [5, 5.41) is 11.0. The van der Waals surface area contributed by atoms with Crippen LogP contribution in [0.25, 0.3) is 10.9 Å². The lowest BCUT2D eigenvalue weighted by Crippen LogP contribution is -2.53. The minimum Gasteiger partial charge on any atom is -0.396 e. The molecule has 1 fully saturated rings. The maximum absolute atomic E-state index is 9.59. The summed E-state index contributed by atoms with van der Waals surface area (Å²) in [5.41, 5.74) is 4.09. The van der Waals surface area contributed by atoms with E-state index in [1.807, 2.05) is 0 Å². The maximum Gasteiger partial charge on any atom is 0.0481 e. The van der Waals surface area contributed by atoms with E-state index in [9.17, 15) is 5.11 Å². The van der Waals surface area contributed by atoms with E-state index >= 15 is 0 Å². The molecule has 1 atom stereocenters. The summed E-state index contributed by atoms with van der Waals surface area (Å²) >= 11 is 0. The summed E-state index contributed by atoms with van der Waals surface area (Å²) in [5.74, 6) is 0. The van der Waals surface area contributed by atoms with E-state index in [0.29, 0.717) is 6.04 Å². The minimum atomic E-state index is 0.259. The number of hydrogen-bond donors (Lipinski definition) is 1. The van der Waals surface area contributed by atoms with Crippen molar-refractivity contribution >= 4 is 10.9 Å². The highest BCUT2D eigenvalue weighted by Gasteiger charge is 2.26. The van der Waals surface area contributed by atoms with Gasteiger partial charge in [-0.1, -0.05) is 48.5 Å². The Morgan fingerprint density at radius 2 is 1.79 bits per heavy atom. The van der Waals surface area contributed by atoms with Gasteiger partial charge < -0.3 is 9.67 Å². The summed E-state index contributed by atoms with van der Waals surface area (Å²) in [4.78, 5) is 5.13. The second kappa shape index (κ2) is 8.91. The molecule has 4 heteroatoms. The van der Waals surface area contributed by atoms with Crippen LogP contribution in [0.4, 0.5) is 0 Å². The molecule has 2 aromatic carbocycles. The van der Waals surface area contributed by atoms with Crippen LogP contribution >= 0.6 is 0 Å². The average molecular weight is 378 g/mol. The molecule has 1 N–H and O–H groups in total. The largest absolute Gasteiger partial charge is 0.396 e. The first kappa shape index (κ1) is 19.2. The van der Waals surface area contributed by atoms with E-state index in [1.165, 1.54) is 22.0 Å². The number of aryl methyl sites for hydroxylation is 1. The fourth-order valence-corrected chi connectivity index (χ4v) is 4.53. The summed E-state index contributed by atoms with van der Waals surface area (Å²) in [6.45, 7) is 5.49. The topological polar surface area (TPSA) is 31.6 Å². The summed E-state index contributed by atoms with van der Waals surface area (Å²) in [6.07, 6.45) is 4.19. The summed E-state index contributed by atoms with van der Waals surface area (Å²) in [7, 11) is 2.13.